The van der Waals surface area contributed by atoms with E-state index < -0.39 is 34.7 Å². The predicted octanol–water partition coefficient (Wildman–Crippen LogP) is 2.68. The van der Waals surface area contributed by atoms with Crippen LogP contribution in [0.25, 0.3) is 0 Å². The Hall–Kier alpha value is -1.72. The van der Waals surface area contributed by atoms with Crippen LogP contribution in [-0.4, -0.2) is 19.2 Å². The number of hydrogen-bond acceptors (Lipinski definition) is 3. The van der Waals surface area contributed by atoms with Gasteiger partial charge in [0.2, 0.25) is 5.82 Å². The fraction of sp³-hybridized carbons (Fsp3) is 0.364. The van der Waals surface area contributed by atoms with Crippen molar-refractivity contribution in [3.8, 4) is 5.75 Å². The quantitative estimate of drug-likeness (QED) is 0.607. The molecule has 0 amide bonds. The van der Waals surface area contributed by atoms with Gasteiger partial charge in [-0.15, -0.1) is 0 Å². The van der Waals surface area contributed by atoms with Gasteiger partial charge in [-0.3, -0.25) is 0 Å². The molecule has 0 heterocycles. The van der Waals surface area contributed by atoms with Gasteiger partial charge in [0.25, 0.3) is 0 Å². The van der Waals surface area contributed by atoms with Crippen molar-refractivity contribution < 1.29 is 27.4 Å². The van der Waals surface area contributed by atoms with Crippen molar-refractivity contribution in [2.24, 2.45) is 0 Å². The summed E-state index contributed by atoms with van der Waals surface area (Å²) in [5, 5.41) is 0. The Balaban J connectivity index is 3.28. The van der Waals surface area contributed by atoms with Crippen LogP contribution < -0.4 is 4.74 Å². The van der Waals surface area contributed by atoms with E-state index in [1.165, 1.54) is 13.8 Å². The summed E-state index contributed by atoms with van der Waals surface area (Å²) in [5.74, 6) is -6.06. The molecule has 0 N–H and O–H groups in total. The third-order valence-corrected chi connectivity index (χ3v) is 1.90. The van der Waals surface area contributed by atoms with Gasteiger partial charge < -0.3 is 9.47 Å². The molecule has 0 radical (unpaired) electrons. The van der Waals surface area contributed by atoms with Crippen molar-refractivity contribution in [3.63, 3.8) is 0 Å². The first-order valence-corrected chi connectivity index (χ1v) is 5.00. The van der Waals surface area contributed by atoms with E-state index in [1.807, 2.05) is 0 Å². The molecule has 0 aliphatic carbocycles. The number of halogens is 3. The Morgan fingerprint density at radius 3 is 2.35 bits per heavy atom. The molecule has 0 spiro atoms. The van der Waals surface area contributed by atoms with Crippen molar-refractivity contribution in [3.05, 3.63) is 29.1 Å². The largest absolute Gasteiger partial charge is 0.488 e. The second-order valence-corrected chi connectivity index (χ2v) is 3.02. The van der Waals surface area contributed by atoms with Crippen molar-refractivity contribution in [1.29, 1.82) is 0 Å². The first-order valence-electron chi connectivity index (χ1n) is 5.00. The summed E-state index contributed by atoms with van der Waals surface area (Å²) in [6.45, 7) is 2.94. The Bertz CT molecular complexity index is 432. The third-order valence-electron chi connectivity index (χ3n) is 1.90. The van der Waals surface area contributed by atoms with E-state index in [2.05, 4.69) is 9.47 Å². The van der Waals surface area contributed by atoms with Crippen LogP contribution in [0.4, 0.5) is 13.2 Å². The van der Waals surface area contributed by atoms with Crippen molar-refractivity contribution in [2.75, 3.05) is 13.2 Å². The van der Waals surface area contributed by atoms with Crippen molar-refractivity contribution >= 4 is 5.97 Å². The Kier molecular flexibility index (Phi) is 4.37. The average molecular weight is 248 g/mol. The molecule has 0 saturated heterocycles. The van der Waals surface area contributed by atoms with E-state index >= 15 is 0 Å². The van der Waals surface area contributed by atoms with Gasteiger partial charge in [0.05, 0.1) is 13.2 Å². The summed E-state index contributed by atoms with van der Waals surface area (Å²) in [5.41, 5.74) is -0.686. The SMILES string of the molecule is CCOC(=O)c1cc(F)c(F)c(OCC)c1F. The smallest absolute Gasteiger partial charge is 0.341 e. The molecule has 0 bridgehead atoms. The van der Waals surface area contributed by atoms with E-state index in [0.29, 0.717) is 6.07 Å². The average Bonchev–Trinajstić information content (AvgIpc) is 2.29. The molecule has 0 unspecified atom stereocenters. The number of hydrogen-bond donors (Lipinski definition) is 0. The second kappa shape index (κ2) is 5.56. The predicted molar refractivity (Wildman–Crippen MR) is 53.4 cm³/mol. The maximum atomic E-state index is 13.6. The standard InChI is InChI=1S/C11H11F3O3/c1-3-16-10-8(13)6(11(15)17-4-2)5-7(12)9(10)14/h5H,3-4H2,1-2H3. The molecule has 94 valence electrons. The molecule has 0 aliphatic heterocycles. The molecule has 1 rings (SSSR count). The number of benzene rings is 1. The fourth-order valence-corrected chi connectivity index (χ4v) is 1.21. The lowest BCUT2D eigenvalue weighted by molar-refractivity contribution is 0.0519. The van der Waals surface area contributed by atoms with Crippen LogP contribution in [-0.2, 0) is 4.74 Å². The van der Waals surface area contributed by atoms with E-state index in [4.69, 9.17) is 0 Å². The molecule has 3 nitrogen and oxygen atoms in total. The van der Waals surface area contributed by atoms with Gasteiger partial charge in [-0.25, -0.2) is 13.6 Å². The summed E-state index contributed by atoms with van der Waals surface area (Å²) >= 11 is 0. The zero-order valence-corrected chi connectivity index (χ0v) is 9.35. The molecule has 0 saturated carbocycles. The third kappa shape index (κ3) is 2.69. The minimum atomic E-state index is -1.46. The van der Waals surface area contributed by atoms with Crippen LogP contribution in [0.2, 0.25) is 0 Å². The molecule has 0 atom stereocenters. The number of carbonyl (C=O) groups excluding carboxylic acids is 1. The normalized spacial score (nSPS) is 10.2. The minimum Gasteiger partial charge on any atom is -0.488 e. The zero-order chi connectivity index (χ0) is 13.0. The molecule has 0 aromatic heterocycles. The highest BCUT2D eigenvalue weighted by Gasteiger charge is 2.24. The van der Waals surface area contributed by atoms with Crippen LogP contribution in [0, 0.1) is 17.5 Å². The second-order valence-electron chi connectivity index (χ2n) is 3.02. The summed E-state index contributed by atoms with van der Waals surface area (Å²) < 4.78 is 49.1. The summed E-state index contributed by atoms with van der Waals surface area (Å²) in [6, 6.07) is 0.450. The van der Waals surface area contributed by atoms with Crippen molar-refractivity contribution in [1.82, 2.24) is 0 Å². The summed E-state index contributed by atoms with van der Waals surface area (Å²) in [7, 11) is 0. The van der Waals surface area contributed by atoms with Gasteiger partial charge in [0.1, 0.15) is 5.56 Å². The Labute approximate surface area is 96.1 Å². The van der Waals surface area contributed by atoms with Gasteiger partial charge in [-0.05, 0) is 19.9 Å². The van der Waals surface area contributed by atoms with E-state index in [-0.39, 0.29) is 13.2 Å². The van der Waals surface area contributed by atoms with Crippen LogP contribution in [0.5, 0.6) is 5.75 Å². The Morgan fingerprint density at radius 1 is 1.18 bits per heavy atom. The molecule has 0 aliphatic rings. The highest BCUT2D eigenvalue weighted by molar-refractivity contribution is 5.90. The lowest BCUT2D eigenvalue weighted by atomic mass is 10.2. The molecular weight excluding hydrogens is 237 g/mol. The number of esters is 1. The fourth-order valence-electron chi connectivity index (χ4n) is 1.21. The van der Waals surface area contributed by atoms with Crippen LogP contribution in [0.15, 0.2) is 6.07 Å². The minimum absolute atomic E-state index is 0.00123. The van der Waals surface area contributed by atoms with E-state index in [9.17, 15) is 18.0 Å². The monoisotopic (exact) mass is 248 g/mol. The van der Waals surface area contributed by atoms with E-state index in [1.54, 1.807) is 0 Å². The molecule has 1 aromatic carbocycles. The Morgan fingerprint density at radius 2 is 1.82 bits per heavy atom. The number of rotatable bonds is 4. The first-order chi connectivity index (χ1) is 8.02. The van der Waals surface area contributed by atoms with Gasteiger partial charge in [0, 0.05) is 0 Å². The summed E-state index contributed by atoms with van der Waals surface area (Å²) in [4.78, 5) is 11.3. The van der Waals surface area contributed by atoms with Crippen LogP contribution in [0.3, 0.4) is 0 Å². The van der Waals surface area contributed by atoms with Crippen LogP contribution >= 0.6 is 0 Å². The van der Waals surface area contributed by atoms with E-state index in [0.717, 1.165) is 0 Å². The summed E-state index contributed by atoms with van der Waals surface area (Å²) in [6.07, 6.45) is 0. The van der Waals surface area contributed by atoms with Gasteiger partial charge in [-0.1, -0.05) is 0 Å². The number of ether oxygens (including phenoxy) is 2. The topological polar surface area (TPSA) is 35.5 Å². The molecule has 17 heavy (non-hydrogen) atoms. The lowest BCUT2D eigenvalue weighted by Crippen LogP contribution is -2.11. The van der Waals surface area contributed by atoms with Crippen LogP contribution in [0.1, 0.15) is 24.2 Å². The number of carbonyl (C=O) groups is 1. The first kappa shape index (κ1) is 13.3. The highest BCUT2D eigenvalue weighted by atomic mass is 19.2. The zero-order valence-electron chi connectivity index (χ0n) is 9.35. The lowest BCUT2D eigenvalue weighted by Gasteiger charge is -2.10. The van der Waals surface area contributed by atoms with Gasteiger partial charge in [-0.2, -0.15) is 4.39 Å². The molecule has 0 fully saturated rings. The van der Waals surface area contributed by atoms with Gasteiger partial charge in [0.15, 0.2) is 17.4 Å². The molecule has 6 heteroatoms. The van der Waals surface area contributed by atoms with Gasteiger partial charge >= 0.3 is 5.97 Å². The van der Waals surface area contributed by atoms with Crippen molar-refractivity contribution in [2.45, 2.75) is 13.8 Å². The molecular formula is C11H11F3O3. The highest BCUT2D eigenvalue weighted by Crippen LogP contribution is 2.27. The molecule has 1 aromatic rings. The maximum Gasteiger partial charge on any atom is 0.341 e. The maximum absolute atomic E-state index is 13.6.